The normalized spacial score (nSPS) is 18.3. The first-order valence-corrected chi connectivity index (χ1v) is 14.2. The van der Waals surface area contributed by atoms with Crippen LogP contribution in [0.5, 0.6) is 5.75 Å². The summed E-state index contributed by atoms with van der Waals surface area (Å²) in [5.74, 6) is -1.28. The van der Waals surface area contributed by atoms with Gasteiger partial charge in [-0.25, -0.2) is 0 Å². The zero-order valence-corrected chi connectivity index (χ0v) is 23.3. The second kappa shape index (κ2) is 11.9. The maximum atomic E-state index is 14.1. The largest absolute Gasteiger partial charge is 0.508 e. The number of rotatable bonds is 7. The van der Waals surface area contributed by atoms with Crippen molar-refractivity contribution in [1.29, 1.82) is 0 Å². The van der Waals surface area contributed by atoms with Gasteiger partial charge in [0.25, 0.3) is 11.8 Å². The van der Waals surface area contributed by atoms with E-state index in [4.69, 9.17) is 0 Å². The molecule has 9 nitrogen and oxygen atoms in total. The van der Waals surface area contributed by atoms with Crippen molar-refractivity contribution in [2.24, 2.45) is 0 Å². The van der Waals surface area contributed by atoms with Gasteiger partial charge in [-0.2, -0.15) is 0 Å². The molecule has 43 heavy (non-hydrogen) atoms. The average molecular weight is 575 g/mol. The van der Waals surface area contributed by atoms with Gasteiger partial charge in [0.15, 0.2) is 5.78 Å². The standard InChI is InChI=1S/C34H30N4O5/c39-26-15-9-22(10-16-26)20-28(36-32(41)25-13-11-24(12-14-25)23-6-2-1-3-7-23)34(43)37-19-17-29-31(37)30(40)21-38(29)33(42)27-8-4-5-18-35-27/h1-16,18,28-29,31,39H,17,19-21H2,(H,36,41). The Morgan fingerprint density at radius 1 is 0.860 bits per heavy atom. The zero-order chi connectivity index (χ0) is 29.9. The molecule has 4 aromatic rings. The summed E-state index contributed by atoms with van der Waals surface area (Å²) in [6, 6.07) is 26.2. The molecule has 0 spiro atoms. The molecule has 0 bridgehead atoms. The van der Waals surface area contributed by atoms with Crippen LogP contribution in [0.2, 0.25) is 0 Å². The molecule has 0 radical (unpaired) electrons. The van der Waals surface area contributed by atoms with Gasteiger partial charge in [-0.15, -0.1) is 0 Å². The van der Waals surface area contributed by atoms with Crippen molar-refractivity contribution < 1.29 is 24.3 Å². The van der Waals surface area contributed by atoms with Crippen LogP contribution < -0.4 is 5.32 Å². The number of pyridine rings is 1. The summed E-state index contributed by atoms with van der Waals surface area (Å²) in [7, 11) is 0. The summed E-state index contributed by atoms with van der Waals surface area (Å²) in [5, 5.41) is 12.6. The number of carbonyl (C=O) groups excluding carboxylic acids is 4. The van der Waals surface area contributed by atoms with Crippen LogP contribution in [-0.4, -0.2) is 74.6 Å². The fraction of sp³-hybridized carbons (Fsp3) is 0.206. The number of nitrogens with one attached hydrogen (secondary N) is 1. The minimum absolute atomic E-state index is 0.0887. The van der Waals surface area contributed by atoms with Crippen molar-refractivity contribution in [2.45, 2.75) is 31.0 Å². The first kappa shape index (κ1) is 27.8. The number of fused-ring (bicyclic) bond motifs is 1. The molecular weight excluding hydrogens is 544 g/mol. The van der Waals surface area contributed by atoms with Crippen LogP contribution in [0.15, 0.2) is 103 Å². The number of aromatic hydroxyl groups is 1. The lowest BCUT2D eigenvalue weighted by Gasteiger charge is -2.28. The van der Waals surface area contributed by atoms with Crippen LogP contribution in [0.1, 0.15) is 32.8 Å². The SMILES string of the molecule is O=C(NC(Cc1ccc(O)cc1)C(=O)N1CCC2C1C(=O)CN2C(=O)c1ccccn1)c1ccc(-c2ccccc2)cc1. The molecule has 2 N–H and O–H groups in total. The van der Waals surface area contributed by atoms with E-state index in [0.29, 0.717) is 12.0 Å². The Kier molecular flexibility index (Phi) is 7.70. The number of Topliss-reactive ketones (excluding diaryl/α,β-unsaturated/α-hetero) is 1. The minimum Gasteiger partial charge on any atom is -0.508 e. The van der Waals surface area contributed by atoms with Gasteiger partial charge in [-0.1, -0.05) is 60.7 Å². The Balaban J connectivity index is 1.22. The van der Waals surface area contributed by atoms with Crippen molar-refractivity contribution in [1.82, 2.24) is 20.1 Å². The number of phenols is 1. The number of likely N-dealkylation sites (tertiary alicyclic amines) is 2. The predicted molar refractivity (Wildman–Crippen MR) is 159 cm³/mol. The quantitative estimate of drug-likeness (QED) is 0.349. The molecule has 3 heterocycles. The topological polar surface area (TPSA) is 120 Å². The van der Waals surface area contributed by atoms with Gasteiger partial charge in [0, 0.05) is 24.7 Å². The fourth-order valence-corrected chi connectivity index (χ4v) is 5.93. The number of aromatic nitrogens is 1. The highest BCUT2D eigenvalue weighted by atomic mass is 16.3. The fourth-order valence-electron chi connectivity index (χ4n) is 5.93. The second-order valence-corrected chi connectivity index (χ2v) is 10.8. The third-order valence-electron chi connectivity index (χ3n) is 8.08. The summed E-state index contributed by atoms with van der Waals surface area (Å²) >= 11 is 0. The van der Waals surface area contributed by atoms with Gasteiger partial charge in [0.1, 0.15) is 23.5 Å². The summed E-state index contributed by atoms with van der Waals surface area (Å²) in [4.78, 5) is 61.0. The predicted octanol–water partition coefficient (Wildman–Crippen LogP) is 3.49. The highest BCUT2D eigenvalue weighted by molar-refractivity contribution is 6.03. The number of ketones is 1. The zero-order valence-electron chi connectivity index (χ0n) is 23.3. The van der Waals surface area contributed by atoms with Crippen LogP contribution in [0, 0.1) is 0 Å². The first-order chi connectivity index (χ1) is 20.9. The molecule has 2 fully saturated rings. The highest BCUT2D eigenvalue weighted by Crippen LogP contribution is 2.31. The van der Waals surface area contributed by atoms with Crippen LogP contribution >= 0.6 is 0 Å². The van der Waals surface area contributed by atoms with E-state index in [0.717, 1.165) is 16.7 Å². The first-order valence-electron chi connectivity index (χ1n) is 14.2. The number of hydrogen-bond acceptors (Lipinski definition) is 6. The summed E-state index contributed by atoms with van der Waals surface area (Å²) < 4.78 is 0. The molecule has 216 valence electrons. The number of carbonyl (C=O) groups is 4. The highest BCUT2D eigenvalue weighted by Gasteiger charge is 2.52. The molecule has 9 heteroatoms. The van der Waals surface area contributed by atoms with Crippen LogP contribution in [0.25, 0.3) is 11.1 Å². The van der Waals surface area contributed by atoms with Crippen LogP contribution in [0.3, 0.4) is 0 Å². The van der Waals surface area contributed by atoms with Crippen molar-refractivity contribution in [2.75, 3.05) is 13.1 Å². The van der Waals surface area contributed by atoms with Gasteiger partial charge in [0.2, 0.25) is 5.91 Å². The molecular formula is C34H30N4O5. The van der Waals surface area contributed by atoms with Crippen molar-refractivity contribution in [3.05, 3.63) is 120 Å². The number of nitrogens with zero attached hydrogens (tertiary/aromatic N) is 3. The maximum Gasteiger partial charge on any atom is 0.273 e. The second-order valence-electron chi connectivity index (χ2n) is 10.8. The average Bonchev–Trinajstić information content (AvgIpc) is 3.63. The van der Waals surface area contributed by atoms with Gasteiger partial charge in [0.05, 0.1) is 12.6 Å². The molecule has 0 saturated carbocycles. The molecule has 2 aliphatic heterocycles. The summed E-state index contributed by atoms with van der Waals surface area (Å²) in [6.07, 6.45) is 2.13. The molecule has 3 amide bonds. The van der Waals surface area contributed by atoms with E-state index in [1.165, 1.54) is 28.1 Å². The molecule has 2 saturated heterocycles. The number of phenolic OH excluding ortho intramolecular Hbond substituents is 1. The maximum absolute atomic E-state index is 14.1. The number of amides is 3. The summed E-state index contributed by atoms with van der Waals surface area (Å²) in [6.45, 7) is 0.177. The Labute approximate surface area is 248 Å². The van der Waals surface area contributed by atoms with Gasteiger partial charge in [-0.05, 0) is 59.5 Å². The molecule has 2 aliphatic rings. The van der Waals surface area contributed by atoms with Crippen LogP contribution in [-0.2, 0) is 16.0 Å². The van der Waals surface area contributed by atoms with Crippen molar-refractivity contribution in [3.63, 3.8) is 0 Å². The third kappa shape index (κ3) is 5.74. The van der Waals surface area contributed by atoms with Crippen LogP contribution in [0.4, 0.5) is 0 Å². The lowest BCUT2D eigenvalue weighted by molar-refractivity contribution is -0.138. The lowest BCUT2D eigenvalue weighted by Crippen LogP contribution is -2.53. The minimum atomic E-state index is -0.974. The van der Waals surface area contributed by atoms with E-state index < -0.39 is 29.9 Å². The molecule has 0 aliphatic carbocycles. The Morgan fingerprint density at radius 2 is 1.56 bits per heavy atom. The van der Waals surface area contributed by atoms with Gasteiger partial charge >= 0.3 is 0 Å². The van der Waals surface area contributed by atoms with Crippen molar-refractivity contribution >= 4 is 23.5 Å². The van der Waals surface area contributed by atoms with Crippen molar-refractivity contribution in [3.8, 4) is 16.9 Å². The number of benzene rings is 3. The number of hydrogen-bond donors (Lipinski definition) is 2. The van der Waals surface area contributed by atoms with E-state index in [1.807, 2.05) is 42.5 Å². The Bertz CT molecular complexity index is 1640. The van der Waals surface area contributed by atoms with E-state index in [2.05, 4.69) is 10.3 Å². The Morgan fingerprint density at radius 3 is 2.26 bits per heavy atom. The lowest BCUT2D eigenvalue weighted by atomic mass is 10.0. The molecule has 3 atom stereocenters. The van der Waals surface area contributed by atoms with E-state index in [1.54, 1.807) is 42.5 Å². The molecule has 3 unspecified atom stereocenters. The van der Waals surface area contributed by atoms with E-state index in [-0.39, 0.29) is 42.6 Å². The van der Waals surface area contributed by atoms with Gasteiger partial charge in [-0.3, -0.25) is 24.2 Å². The monoisotopic (exact) mass is 574 g/mol. The smallest absolute Gasteiger partial charge is 0.273 e. The summed E-state index contributed by atoms with van der Waals surface area (Å²) in [5.41, 5.74) is 3.36. The third-order valence-corrected chi connectivity index (χ3v) is 8.08. The molecule has 6 rings (SSSR count). The molecule has 3 aromatic carbocycles. The van der Waals surface area contributed by atoms with E-state index >= 15 is 0 Å². The molecule has 1 aromatic heterocycles. The van der Waals surface area contributed by atoms with E-state index in [9.17, 15) is 24.3 Å². The van der Waals surface area contributed by atoms with Gasteiger partial charge < -0.3 is 20.2 Å². The Hall–Kier alpha value is -5.31.